The van der Waals surface area contributed by atoms with E-state index in [4.69, 9.17) is 21.1 Å². The number of halogens is 2. The maximum Gasteiger partial charge on any atom is 0.266 e. The highest BCUT2D eigenvalue weighted by Crippen LogP contribution is 2.38. The number of methoxy groups -OCH3 is 1. The first-order valence-electron chi connectivity index (χ1n) is 11.1. The fourth-order valence-electron chi connectivity index (χ4n) is 3.79. The molecule has 0 aromatic heterocycles. The van der Waals surface area contributed by atoms with Gasteiger partial charge in [-0.3, -0.25) is 4.79 Å². The molecule has 0 unspecified atom stereocenters. The number of carbonyl (C=O) groups excluding carboxylic acids is 1. The monoisotopic (exact) mass is 560 g/mol. The average Bonchev–Trinajstić information content (AvgIpc) is 2.88. The Balaban J connectivity index is 1.58. The number of nitrogens with zero attached hydrogens (tertiary/aromatic N) is 1. The number of hydrogen-bond acceptors (Lipinski definition) is 4. The van der Waals surface area contributed by atoms with Gasteiger partial charge in [0.05, 0.1) is 12.1 Å². The number of aryl methyl sites for hydroxylation is 1. The van der Waals surface area contributed by atoms with Crippen molar-refractivity contribution < 1.29 is 14.3 Å². The van der Waals surface area contributed by atoms with Crippen LogP contribution in [0.2, 0.25) is 5.02 Å². The molecule has 0 radical (unpaired) electrons. The maximum absolute atomic E-state index is 12.6. The number of carbonyl (C=O) groups is 1. The SMILES string of the molecule is COc1cc(/C=C(\C#N)C(=O)Nc2ccc(Br)cc2)cc(Cl)c1OCc1c(C)ccc2ccccc12. The number of hydrogen-bond donors (Lipinski definition) is 1. The van der Waals surface area contributed by atoms with E-state index in [1.165, 1.54) is 13.2 Å². The van der Waals surface area contributed by atoms with Crippen LogP contribution in [0.5, 0.6) is 11.5 Å². The van der Waals surface area contributed by atoms with Crippen molar-refractivity contribution in [3.8, 4) is 17.6 Å². The van der Waals surface area contributed by atoms with Crippen LogP contribution in [0.1, 0.15) is 16.7 Å². The standard InChI is InChI=1S/C29H22BrClN2O3/c1-18-7-8-20-5-3-4-6-24(20)25(18)17-36-28-26(31)14-19(15-27(28)35-2)13-21(16-32)29(34)33-23-11-9-22(30)10-12-23/h3-15H,17H2,1-2H3,(H,33,34)/b21-13+. The lowest BCUT2D eigenvalue weighted by molar-refractivity contribution is -0.112. The second-order valence-corrected chi connectivity index (χ2v) is 9.36. The molecule has 180 valence electrons. The maximum atomic E-state index is 12.6. The minimum Gasteiger partial charge on any atom is -0.493 e. The highest BCUT2D eigenvalue weighted by molar-refractivity contribution is 9.10. The summed E-state index contributed by atoms with van der Waals surface area (Å²) in [6, 6.07) is 24.6. The first-order chi connectivity index (χ1) is 17.4. The van der Waals surface area contributed by atoms with Crippen LogP contribution in [-0.4, -0.2) is 13.0 Å². The van der Waals surface area contributed by atoms with Gasteiger partial charge in [-0.1, -0.05) is 63.9 Å². The summed E-state index contributed by atoms with van der Waals surface area (Å²) >= 11 is 9.92. The van der Waals surface area contributed by atoms with Crippen molar-refractivity contribution in [2.45, 2.75) is 13.5 Å². The van der Waals surface area contributed by atoms with E-state index in [0.29, 0.717) is 34.4 Å². The molecule has 0 heterocycles. The molecule has 4 rings (SSSR count). The smallest absolute Gasteiger partial charge is 0.266 e. The van der Waals surface area contributed by atoms with Crippen molar-refractivity contribution in [1.82, 2.24) is 0 Å². The molecule has 0 saturated heterocycles. The van der Waals surface area contributed by atoms with Gasteiger partial charge in [0.25, 0.3) is 5.91 Å². The first-order valence-corrected chi connectivity index (χ1v) is 12.2. The molecule has 4 aromatic carbocycles. The molecule has 7 heteroatoms. The zero-order valence-electron chi connectivity index (χ0n) is 19.6. The van der Waals surface area contributed by atoms with Gasteiger partial charge in [-0.15, -0.1) is 0 Å². The van der Waals surface area contributed by atoms with Gasteiger partial charge in [-0.05, 0) is 71.3 Å². The Kier molecular flexibility index (Phi) is 7.94. The van der Waals surface area contributed by atoms with Crippen molar-refractivity contribution in [3.63, 3.8) is 0 Å². The average molecular weight is 562 g/mol. The second kappa shape index (κ2) is 11.3. The molecular formula is C29H22BrClN2O3. The third-order valence-corrected chi connectivity index (χ3v) is 6.48. The number of anilines is 1. The van der Waals surface area contributed by atoms with Gasteiger partial charge < -0.3 is 14.8 Å². The summed E-state index contributed by atoms with van der Waals surface area (Å²) in [6.07, 6.45) is 1.46. The lowest BCUT2D eigenvalue weighted by Gasteiger charge is -2.16. The highest BCUT2D eigenvalue weighted by Gasteiger charge is 2.16. The van der Waals surface area contributed by atoms with E-state index < -0.39 is 5.91 Å². The van der Waals surface area contributed by atoms with E-state index in [-0.39, 0.29) is 5.57 Å². The Morgan fingerprint density at radius 1 is 1.11 bits per heavy atom. The van der Waals surface area contributed by atoms with Crippen LogP contribution in [0.3, 0.4) is 0 Å². The third kappa shape index (κ3) is 5.71. The zero-order valence-corrected chi connectivity index (χ0v) is 22.0. The molecule has 1 N–H and O–H groups in total. The minimum absolute atomic E-state index is 0.0731. The molecular weight excluding hydrogens is 540 g/mol. The van der Waals surface area contributed by atoms with Gasteiger partial charge in [0.15, 0.2) is 11.5 Å². The van der Waals surface area contributed by atoms with Gasteiger partial charge >= 0.3 is 0 Å². The van der Waals surface area contributed by atoms with E-state index >= 15 is 0 Å². The summed E-state index contributed by atoms with van der Waals surface area (Å²) in [6.45, 7) is 2.35. The molecule has 0 fully saturated rings. The van der Waals surface area contributed by atoms with Crippen LogP contribution in [0.15, 0.2) is 82.8 Å². The Morgan fingerprint density at radius 3 is 2.58 bits per heavy atom. The van der Waals surface area contributed by atoms with Crippen molar-refractivity contribution in [3.05, 3.63) is 105 Å². The molecule has 4 aromatic rings. The summed E-state index contributed by atoms with van der Waals surface area (Å²) in [5, 5.41) is 14.8. The van der Waals surface area contributed by atoms with E-state index in [1.807, 2.05) is 25.1 Å². The largest absolute Gasteiger partial charge is 0.493 e. The lowest BCUT2D eigenvalue weighted by atomic mass is 10.0. The number of amides is 1. The fraction of sp³-hybridized carbons (Fsp3) is 0.103. The number of nitriles is 1. The first kappa shape index (κ1) is 25.3. The number of benzene rings is 4. The topological polar surface area (TPSA) is 71.3 Å². The molecule has 0 spiro atoms. The van der Waals surface area contributed by atoms with Gasteiger partial charge in [0.1, 0.15) is 18.2 Å². The molecule has 36 heavy (non-hydrogen) atoms. The molecule has 1 amide bonds. The van der Waals surface area contributed by atoms with Crippen LogP contribution in [-0.2, 0) is 11.4 Å². The van der Waals surface area contributed by atoms with Gasteiger partial charge in [0, 0.05) is 15.7 Å². The van der Waals surface area contributed by atoms with Crippen LogP contribution in [0.4, 0.5) is 5.69 Å². The lowest BCUT2D eigenvalue weighted by Crippen LogP contribution is -2.13. The fourth-order valence-corrected chi connectivity index (χ4v) is 4.33. The van der Waals surface area contributed by atoms with Crippen LogP contribution >= 0.6 is 27.5 Å². The van der Waals surface area contributed by atoms with Crippen molar-refractivity contribution in [1.29, 1.82) is 5.26 Å². The summed E-state index contributed by atoms with van der Waals surface area (Å²) in [5.74, 6) is 0.264. The molecule has 0 aliphatic carbocycles. The number of rotatable bonds is 7. The van der Waals surface area contributed by atoms with Crippen molar-refractivity contribution in [2.24, 2.45) is 0 Å². The zero-order chi connectivity index (χ0) is 25.7. The molecule has 0 saturated carbocycles. The number of nitrogens with one attached hydrogen (secondary N) is 1. The molecule has 5 nitrogen and oxygen atoms in total. The summed E-state index contributed by atoms with van der Waals surface area (Å²) in [5.41, 5.74) is 3.21. The molecule has 0 aliphatic heterocycles. The minimum atomic E-state index is -0.526. The van der Waals surface area contributed by atoms with Crippen LogP contribution < -0.4 is 14.8 Å². The van der Waals surface area contributed by atoms with Crippen molar-refractivity contribution in [2.75, 3.05) is 12.4 Å². The van der Waals surface area contributed by atoms with E-state index in [2.05, 4.69) is 45.5 Å². The second-order valence-electron chi connectivity index (χ2n) is 8.04. The number of ether oxygens (including phenoxy) is 2. The van der Waals surface area contributed by atoms with Crippen molar-refractivity contribution >= 4 is 56.0 Å². The Hall–Kier alpha value is -3.79. The third-order valence-electron chi connectivity index (χ3n) is 5.67. The Morgan fingerprint density at radius 2 is 1.86 bits per heavy atom. The summed E-state index contributed by atoms with van der Waals surface area (Å²) < 4.78 is 12.5. The summed E-state index contributed by atoms with van der Waals surface area (Å²) in [7, 11) is 1.51. The quantitative estimate of drug-likeness (QED) is 0.185. The Labute approximate surface area is 223 Å². The number of fused-ring (bicyclic) bond motifs is 1. The van der Waals surface area contributed by atoms with Gasteiger partial charge in [0.2, 0.25) is 0 Å². The van der Waals surface area contributed by atoms with E-state index in [0.717, 1.165) is 26.4 Å². The Bertz CT molecular complexity index is 1510. The van der Waals surface area contributed by atoms with Gasteiger partial charge in [-0.2, -0.15) is 5.26 Å². The summed E-state index contributed by atoms with van der Waals surface area (Å²) in [4.78, 5) is 12.6. The molecule has 0 aliphatic rings. The predicted molar refractivity (Wildman–Crippen MR) is 147 cm³/mol. The van der Waals surface area contributed by atoms with E-state index in [1.54, 1.807) is 36.4 Å². The van der Waals surface area contributed by atoms with E-state index in [9.17, 15) is 10.1 Å². The molecule has 0 bridgehead atoms. The molecule has 0 atom stereocenters. The highest BCUT2D eigenvalue weighted by atomic mass is 79.9. The van der Waals surface area contributed by atoms with Crippen LogP contribution in [0.25, 0.3) is 16.8 Å². The van der Waals surface area contributed by atoms with Crippen LogP contribution in [0, 0.1) is 18.3 Å². The van der Waals surface area contributed by atoms with Gasteiger partial charge in [-0.25, -0.2) is 0 Å². The predicted octanol–water partition coefficient (Wildman–Crippen LogP) is 7.70. The normalized spacial score (nSPS) is 11.1.